The fourth-order valence-corrected chi connectivity index (χ4v) is 6.80. The average molecular weight is 545 g/mol. The van der Waals surface area contributed by atoms with Gasteiger partial charge >= 0.3 is 5.97 Å². The zero-order valence-electron chi connectivity index (χ0n) is 16.3. The van der Waals surface area contributed by atoms with Gasteiger partial charge in [0.1, 0.15) is 28.2 Å². The van der Waals surface area contributed by atoms with E-state index < -0.39 is 29.3 Å². The van der Waals surface area contributed by atoms with Crippen molar-refractivity contribution in [1.29, 1.82) is 0 Å². The molecule has 2 aromatic heterocycles. The van der Waals surface area contributed by atoms with Crippen LogP contribution in [-0.4, -0.2) is 70.7 Å². The Bertz CT molecular complexity index is 1090. The van der Waals surface area contributed by atoms with E-state index in [1.807, 2.05) is 6.92 Å². The van der Waals surface area contributed by atoms with Crippen LogP contribution in [0, 0.1) is 6.92 Å². The molecule has 1 saturated heterocycles. The number of thioether (sulfide) groups is 2. The van der Waals surface area contributed by atoms with Crippen molar-refractivity contribution in [3.05, 3.63) is 33.1 Å². The molecule has 4 heterocycles. The van der Waals surface area contributed by atoms with E-state index in [1.165, 1.54) is 44.4 Å². The molecule has 10 nitrogen and oxygen atoms in total. The number of amides is 2. The number of hydrogen-bond donors (Lipinski definition) is 2. The molecule has 1 fully saturated rings. The zero-order chi connectivity index (χ0) is 22.3. The van der Waals surface area contributed by atoms with E-state index in [1.54, 1.807) is 19.3 Å². The number of carboxylic acids is 1. The fourth-order valence-electron chi connectivity index (χ4n) is 3.20. The van der Waals surface area contributed by atoms with Gasteiger partial charge in [0, 0.05) is 17.7 Å². The number of hydrogen-bond acceptors (Lipinski definition) is 9. The van der Waals surface area contributed by atoms with Crippen LogP contribution in [0.15, 0.2) is 32.5 Å². The van der Waals surface area contributed by atoms with Crippen LogP contribution in [0.5, 0.6) is 0 Å². The molecule has 2 aromatic rings. The van der Waals surface area contributed by atoms with E-state index in [0.29, 0.717) is 17.1 Å². The van der Waals surface area contributed by atoms with Crippen molar-refractivity contribution in [2.75, 3.05) is 11.5 Å². The Hall–Kier alpha value is -1.90. The Balaban J connectivity index is 1.45. The molecule has 0 aliphatic carbocycles. The minimum Gasteiger partial charge on any atom is -0.477 e. The number of carbonyl (C=O) groups is 3. The Kier molecular flexibility index (Phi) is 6.42. The third-order valence-electron chi connectivity index (χ3n) is 4.77. The predicted molar refractivity (Wildman–Crippen MR) is 120 cm³/mol. The number of nitrogens with zero attached hydrogens (tertiary/aromatic N) is 5. The van der Waals surface area contributed by atoms with Crippen LogP contribution in [0.3, 0.4) is 0 Å². The third-order valence-corrected chi connectivity index (χ3v) is 8.58. The zero-order valence-corrected chi connectivity index (χ0v) is 20.3. The van der Waals surface area contributed by atoms with Gasteiger partial charge in [0.2, 0.25) is 5.91 Å². The maximum atomic E-state index is 12.8. The second kappa shape index (κ2) is 8.92. The lowest BCUT2D eigenvalue weighted by atomic mass is 10.0. The van der Waals surface area contributed by atoms with Gasteiger partial charge in [-0.25, -0.2) is 4.79 Å². The molecule has 0 bridgehead atoms. The average Bonchev–Trinajstić information content (AvgIpc) is 3.36. The van der Waals surface area contributed by atoms with Crippen LogP contribution in [0.4, 0.5) is 0 Å². The number of aryl methyl sites for hydroxylation is 1. The fraction of sp³-hybridized carbons (Fsp3) is 0.412. The van der Waals surface area contributed by atoms with Crippen molar-refractivity contribution in [1.82, 2.24) is 30.2 Å². The molecule has 31 heavy (non-hydrogen) atoms. The summed E-state index contributed by atoms with van der Waals surface area (Å²) in [6.45, 7) is 3.53. The van der Waals surface area contributed by atoms with Gasteiger partial charge in [-0.1, -0.05) is 23.1 Å². The van der Waals surface area contributed by atoms with Crippen molar-refractivity contribution in [3.8, 4) is 0 Å². The number of halogens is 1. The molecule has 2 amide bonds. The maximum absolute atomic E-state index is 12.8. The minimum absolute atomic E-state index is 0.00274. The van der Waals surface area contributed by atoms with Crippen LogP contribution < -0.4 is 5.32 Å². The molecule has 2 aliphatic rings. The first-order chi connectivity index (χ1) is 14.8. The highest BCUT2D eigenvalue weighted by Crippen LogP contribution is 2.41. The monoisotopic (exact) mass is 544 g/mol. The summed E-state index contributed by atoms with van der Waals surface area (Å²) in [7, 11) is 0. The number of carbonyl (C=O) groups excluding carboxylic acids is 2. The second-order valence-electron chi connectivity index (χ2n) is 6.84. The van der Waals surface area contributed by atoms with E-state index in [-0.39, 0.29) is 11.6 Å². The van der Waals surface area contributed by atoms with Gasteiger partial charge in [-0.2, -0.15) is 5.10 Å². The van der Waals surface area contributed by atoms with Crippen LogP contribution >= 0.6 is 50.8 Å². The van der Waals surface area contributed by atoms with Crippen LogP contribution in [0.25, 0.3) is 0 Å². The summed E-state index contributed by atoms with van der Waals surface area (Å²) in [5.74, 6) is -1.08. The molecule has 0 aromatic carbocycles. The summed E-state index contributed by atoms with van der Waals surface area (Å²) >= 11 is 7.57. The Morgan fingerprint density at radius 2 is 2.23 bits per heavy atom. The lowest BCUT2D eigenvalue weighted by Crippen LogP contribution is -2.71. The second-order valence-corrected chi connectivity index (χ2v) is 11.3. The molecule has 14 heteroatoms. The van der Waals surface area contributed by atoms with Gasteiger partial charge in [0.05, 0.1) is 10.7 Å². The number of aromatic nitrogens is 4. The first-order valence-corrected chi connectivity index (χ1v) is 12.7. The Morgan fingerprint density at radius 3 is 2.84 bits per heavy atom. The number of fused-ring (bicyclic) bond motifs is 1. The quantitative estimate of drug-likeness (QED) is 0.396. The molecule has 0 unspecified atom stereocenters. The standard InChI is InChI=1S/C17H17BrN6O4S3/c1-7(23-4-10(18)3-19-23)13(25)20-11-14(26)24-12(16(27)28)9(5-29-15(11)24)6-30-17-22-21-8(2)31-17/h3-4,7,11,15H,5-6H2,1-2H3,(H,20,25)(H,27,28)/t7-,11-,15+/m0/s1. The maximum Gasteiger partial charge on any atom is 0.352 e. The minimum atomic E-state index is -1.15. The molecule has 0 saturated carbocycles. The Morgan fingerprint density at radius 1 is 1.45 bits per heavy atom. The van der Waals surface area contributed by atoms with E-state index in [2.05, 4.69) is 36.5 Å². The van der Waals surface area contributed by atoms with E-state index in [0.717, 1.165) is 13.8 Å². The molecule has 164 valence electrons. The summed E-state index contributed by atoms with van der Waals surface area (Å²) in [4.78, 5) is 38.6. The number of β-lactam (4-membered cyclic amide) rings is 1. The largest absolute Gasteiger partial charge is 0.477 e. The summed E-state index contributed by atoms with van der Waals surface area (Å²) in [6, 6.07) is -1.38. The lowest BCUT2D eigenvalue weighted by molar-refractivity contribution is -0.151. The number of aliphatic carboxylic acids is 1. The molecular formula is C17H17BrN6O4S3. The van der Waals surface area contributed by atoms with Gasteiger partial charge in [-0.15, -0.1) is 22.0 Å². The summed E-state index contributed by atoms with van der Waals surface area (Å²) < 4.78 is 2.98. The van der Waals surface area contributed by atoms with Gasteiger partial charge in [0.15, 0.2) is 4.34 Å². The molecule has 0 radical (unpaired) electrons. The third kappa shape index (κ3) is 4.38. The topological polar surface area (TPSA) is 130 Å². The first kappa shape index (κ1) is 22.3. The van der Waals surface area contributed by atoms with Crippen molar-refractivity contribution in [2.45, 2.75) is 35.6 Å². The van der Waals surface area contributed by atoms with Gasteiger partial charge in [0.25, 0.3) is 5.91 Å². The van der Waals surface area contributed by atoms with Gasteiger partial charge in [-0.3, -0.25) is 19.2 Å². The van der Waals surface area contributed by atoms with Gasteiger partial charge < -0.3 is 10.4 Å². The summed E-state index contributed by atoms with van der Waals surface area (Å²) in [6.07, 6.45) is 3.24. The highest BCUT2D eigenvalue weighted by Gasteiger charge is 2.54. The highest BCUT2D eigenvalue weighted by molar-refractivity contribution is 9.10. The normalized spacial score (nSPS) is 21.5. The molecule has 2 aliphatic heterocycles. The summed E-state index contributed by atoms with van der Waals surface area (Å²) in [5, 5.41) is 25.0. The molecule has 2 N–H and O–H groups in total. The van der Waals surface area contributed by atoms with E-state index in [4.69, 9.17) is 0 Å². The number of carboxylic acid groups (broad SMARTS) is 1. The number of nitrogens with one attached hydrogen (secondary N) is 1. The smallest absolute Gasteiger partial charge is 0.352 e. The lowest BCUT2D eigenvalue weighted by Gasteiger charge is -2.49. The molecule has 0 spiro atoms. The molecule has 4 rings (SSSR count). The summed E-state index contributed by atoms with van der Waals surface area (Å²) in [5.41, 5.74) is 0.650. The van der Waals surface area contributed by atoms with Crippen LogP contribution in [-0.2, 0) is 14.4 Å². The first-order valence-electron chi connectivity index (χ1n) is 9.09. The van der Waals surface area contributed by atoms with Crippen molar-refractivity contribution in [3.63, 3.8) is 0 Å². The van der Waals surface area contributed by atoms with Crippen molar-refractivity contribution < 1.29 is 19.5 Å². The number of rotatable bonds is 7. The van der Waals surface area contributed by atoms with Crippen LogP contribution in [0.2, 0.25) is 0 Å². The SMILES string of the molecule is Cc1nnc(SCC2=C(C(=O)O)N3C(=O)[C@H](NC(=O)[C@H](C)n4cc(Br)cn4)[C@H]3SC2)s1. The van der Waals surface area contributed by atoms with Crippen molar-refractivity contribution in [2.24, 2.45) is 0 Å². The van der Waals surface area contributed by atoms with E-state index >= 15 is 0 Å². The van der Waals surface area contributed by atoms with Gasteiger partial charge in [-0.05, 0) is 35.4 Å². The van der Waals surface area contributed by atoms with E-state index in [9.17, 15) is 19.5 Å². The van der Waals surface area contributed by atoms with Crippen molar-refractivity contribution >= 4 is 68.6 Å². The Labute approximate surface area is 198 Å². The predicted octanol–water partition coefficient (Wildman–Crippen LogP) is 1.90. The van der Waals surface area contributed by atoms with Crippen LogP contribution in [0.1, 0.15) is 18.0 Å². The highest BCUT2D eigenvalue weighted by atomic mass is 79.9. The molecule has 3 atom stereocenters. The molecular weight excluding hydrogens is 528 g/mol.